The van der Waals surface area contributed by atoms with Gasteiger partial charge in [0, 0.05) is 26.2 Å². The highest BCUT2D eigenvalue weighted by Crippen LogP contribution is 2.28. The first-order valence-electron chi connectivity index (χ1n) is 7.67. The fourth-order valence-electron chi connectivity index (χ4n) is 2.91. The van der Waals surface area contributed by atoms with E-state index in [-0.39, 0.29) is 5.91 Å². The number of carbonyl (C=O) groups is 1. The monoisotopic (exact) mass is 276 g/mol. The lowest BCUT2D eigenvalue weighted by Gasteiger charge is -2.32. The Hall–Kier alpha value is -1.36. The Bertz CT molecular complexity index is 484. The van der Waals surface area contributed by atoms with Gasteiger partial charge >= 0.3 is 0 Å². The molecule has 3 rings (SSSR count). The van der Waals surface area contributed by atoms with Crippen molar-refractivity contribution in [3.05, 3.63) is 17.5 Å². The number of piperidine rings is 1. The number of nitrogens with one attached hydrogen (secondary N) is 1. The van der Waals surface area contributed by atoms with Crippen LogP contribution in [0.3, 0.4) is 0 Å². The summed E-state index contributed by atoms with van der Waals surface area (Å²) < 4.78 is 1.69. The highest BCUT2D eigenvalue weighted by Gasteiger charge is 2.27. The van der Waals surface area contributed by atoms with E-state index in [1.807, 2.05) is 24.9 Å². The molecular formula is C15H24N4O. The van der Waals surface area contributed by atoms with E-state index in [0.29, 0.717) is 11.7 Å². The molecule has 1 aromatic rings. The Kier molecular flexibility index (Phi) is 3.78. The molecule has 0 bridgehead atoms. The van der Waals surface area contributed by atoms with E-state index in [1.54, 1.807) is 4.68 Å². The molecule has 5 heteroatoms. The number of nitrogens with zero attached hydrogens (tertiary/aromatic N) is 3. The summed E-state index contributed by atoms with van der Waals surface area (Å²) >= 11 is 0. The lowest BCUT2D eigenvalue weighted by Crippen LogP contribution is -2.45. The second-order valence-corrected chi connectivity index (χ2v) is 6.21. The maximum absolute atomic E-state index is 12.5. The first-order valence-corrected chi connectivity index (χ1v) is 7.67. The number of aromatic nitrogens is 2. The van der Waals surface area contributed by atoms with Crippen LogP contribution in [0.2, 0.25) is 0 Å². The fourth-order valence-corrected chi connectivity index (χ4v) is 2.91. The van der Waals surface area contributed by atoms with Crippen LogP contribution in [0, 0.1) is 12.8 Å². The molecule has 2 fully saturated rings. The van der Waals surface area contributed by atoms with Crippen molar-refractivity contribution in [1.29, 1.82) is 0 Å². The first-order chi connectivity index (χ1) is 9.63. The number of amides is 1. The van der Waals surface area contributed by atoms with Gasteiger partial charge in [-0.1, -0.05) is 0 Å². The molecule has 0 radical (unpaired) electrons. The molecule has 0 spiro atoms. The molecule has 1 amide bonds. The van der Waals surface area contributed by atoms with E-state index < -0.39 is 0 Å². The zero-order valence-electron chi connectivity index (χ0n) is 12.4. The second kappa shape index (κ2) is 5.56. The SMILES string of the molecule is Cc1cc(C(=O)N2CCC(NCC3CC3)CC2)n(C)n1. The molecule has 20 heavy (non-hydrogen) atoms. The summed E-state index contributed by atoms with van der Waals surface area (Å²) in [4.78, 5) is 14.4. The van der Waals surface area contributed by atoms with Crippen molar-refractivity contribution in [2.24, 2.45) is 13.0 Å². The van der Waals surface area contributed by atoms with E-state index in [2.05, 4.69) is 10.4 Å². The van der Waals surface area contributed by atoms with Crippen molar-refractivity contribution in [3.8, 4) is 0 Å². The van der Waals surface area contributed by atoms with Gasteiger partial charge < -0.3 is 10.2 Å². The smallest absolute Gasteiger partial charge is 0.272 e. The van der Waals surface area contributed by atoms with Gasteiger partial charge in [0.15, 0.2) is 0 Å². The average molecular weight is 276 g/mol. The van der Waals surface area contributed by atoms with E-state index in [1.165, 1.54) is 19.4 Å². The number of aryl methyl sites for hydroxylation is 2. The average Bonchev–Trinajstić information content (AvgIpc) is 3.21. The highest BCUT2D eigenvalue weighted by atomic mass is 16.2. The lowest BCUT2D eigenvalue weighted by atomic mass is 10.0. The molecule has 1 aliphatic heterocycles. The van der Waals surface area contributed by atoms with E-state index in [4.69, 9.17) is 0 Å². The van der Waals surface area contributed by atoms with Gasteiger partial charge in [0.05, 0.1) is 5.69 Å². The van der Waals surface area contributed by atoms with Gasteiger partial charge in [0.1, 0.15) is 5.69 Å². The predicted octanol–water partition coefficient (Wildman–Crippen LogP) is 1.33. The highest BCUT2D eigenvalue weighted by molar-refractivity contribution is 5.92. The van der Waals surface area contributed by atoms with Gasteiger partial charge in [-0.25, -0.2) is 0 Å². The minimum atomic E-state index is 0.119. The maximum Gasteiger partial charge on any atom is 0.272 e. The number of carbonyl (C=O) groups excluding carboxylic acids is 1. The summed E-state index contributed by atoms with van der Waals surface area (Å²) in [5.41, 5.74) is 1.60. The van der Waals surface area contributed by atoms with E-state index in [0.717, 1.165) is 37.5 Å². The summed E-state index contributed by atoms with van der Waals surface area (Å²) in [6.07, 6.45) is 4.92. The molecule has 5 nitrogen and oxygen atoms in total. The Morgan fingerprint density at radius 1 is 1.35 bits per heavy atom. The summed E-state index contributed by atoms with van der Waals surface area (Å²) in [6, 6.07) is 2.47. The van der Waals surface area contributed by atoms with Crippen LogP contribution in [0.1, 0.15) is 41.9 Å². The minimum absolute atomic E-state index is 0.119. The second-order valence-electron chi connectivity index (χ2n) is 6.21. The molecule has 1 aliphatic carbocycles. The van der Waals surface area contributed by atoms with Crippen LogP contribution in [-0.2, 0) is 7.05 Å². The minimum Gasteiger partial charge on any atom is -0.337 e. The normalized spacial score (nSPS) is 20.4. The summed E-state index contributed by atoms with van der Waals surface area (Å²) in [5.74, 6) is 1.04. The topological polar surface area (TPSA) is 50.2 Å². The molecule has 2 heterocycles. The Labute approximate surface area is 120 Å². The van der Waals surface area contributed by atoms with Crippen LogP contribution < -0.4 is 5.32 Å². The summed E-state index contributed by atoms with van der Waals surface area (Å²) in [5, 5.41) is 7.90. The largest absolute Gasteiger partial charge is 0.337 e. The van der Waals surface area contributed by atoms with Crippen LogP contribution in [0.15, 0.2) is 6.07 Å². The molecule has 0 atom stereocenters. The Balaban J connectivity index is 1.51. The summed E-state index contributed by atoms with van der Waals surface area (Å²) in [6.45, 7) is 4.79. The van der Waals surface area contributed by atoms with Crippen molar-refractivity contribution in [2.45, 2.75) is 38.6 Å². The zero-order chi connectivity index (χ0) is 14.1. The zero-order valence-corrected chi connectivity index (χ0v) is 12.4. The molecule has 1 aromatic heterocycles. The van der Waals surface area contributed by atoms with Crippen molar-refractivity contribution in [1.82, 2.24) is 20.0 Å². The first kappa shape index (κ1) is 13.6. The number of hydrogen-bond acceptors (Lipinski definition) is 3. The van der Waals surface area contributed by atoms with E-state index >= 15 is 0 Å². The molecular weight excluding hydrogens is 252 g/mol. The third kappa shape index (κ3) is 3.03. The van der Waals surface area contributed by atoms with Crippen molar-refractivity contribution < 1.29 is 4.79 Å². The lowest BCUT2D eigenvalue weighted by molar-refractivity contribution is 0.0694. The number of likely N-dealkylation sites (tertiary alicyclic amines) is 1. The van der Waals surface area contributed by atoms with Crippen molar-refractivity contribution in [2.75, 3.05) is 19.6 Å². The predicted molar refractivity (Wildman–Crippen MR) is 77.6 cm³/mol. The summed E-state index contributed by atoms with van der Waals surface area (Å²) in [7, 11) is 1.84. The van der Waals surface area contributed by atoms with Crippen LogP contribution in [0.5, 0.6) is 0 Å². The van der Waals surface area contributed by atoms with Crippen molar-refractivity contribution in [3.63, 3.8) is 0 Å². The van der Waals surface area contributed by atoms with Crippen LogP contribution in [0.4, 0.5) is 0 Å². The van der Waals surface area contributed by atoms with Gasteiger partial charge in [0.25, 0.3) is 5.91 Å². The molecule has 1 saturated carbocycles. The molecule has 1 saturated heterocycles. The third-order valence-corrected chi connectivity index (χ3v) is 4.40. The standard InChI is InChI=1S/C15H24N4O/c1-11-9-14(18(2)17-11)15(20)19-7-5-13(6-8-19)16-10-12-3-4-12/h9,12-13,16H,3-8,10H2,1-2H3. The maximum atomic E-state index is 12.5. The Morgan fingerprint density at radius 2 is 2.05 bits per heavy atom. The Morgan fingerprint density at radius 3 is 2.60 bits per heavy atom. The van der Waals surface area contributed by atoms with Crippen LogP contribution in [-0.4, -0.2) is 46.3 Å². The van der Waals surface area contributed by atoms with Crippen molar-refractivity contribution >= 4 is 5.91 Å². The fraction of sp³-hybridized carbons (Fsp3) is 0.733. The number of rotatable bonds is 4. The molecule has 0 unspecified atom stereocenters. The van der Waals surface area contributed by atoms with Crippen LogP contribution in [0.25, 0.3) is 0 Å². The van der Waals surface area contributed by atoms with Crippen LogP contribution >= 0.6 is 0 Å². The number of hydrogen-bond donors (Lipinski definition) is 1. The van der Waals surface area contributed by atoms with Gasteiger partial charge in [0.2, 0.25) is 0 Å². The molecule has 1 N–H and O–H groups in total. The van der Waals surface area contributed by atoms with E-state index in [9.17, 15) is 4.79 Å². The van der Waals surface area contributed by atoms with Gasteiger partial charge in [-0.05, 0) is 51.1 Å². The molecule has 0 aromatic carbocycles. The van der Waals surface area contributed by atoms with Gasteiger partial charge in [-0.2, -0.15) is 5.10 Å². The van der Waals surface area contributed by atoms with Gasteiger partial charge in [-0.15, -0.1) is 0 Å². The quantitative estimate of drug-likeness (QED) is 0.902. The third-order valence-electron chi connectivity index (χ3n) is 4.40. The molecule has 110 valence electrons. The molecule has 2 aliphatic rings. The van der Waals surface area contributed by atoms with Gasteiger partial charge in [-0.3, -0.25) is 9.48 Å².